The molecule has 37 heavy (non-hydrogen) atoms. The zero-order chi connectivity index (χ0) is 25.5. The minimum absolute atomic E-state index is 0.141. The second-order valence-electron chi connectivity index (χ2n) is 10.2. The van der Waals surface area contributed by atoms with Crippen LogP contribution in [0.2, 0.25) is 0 Å². The third kappa shape index (κ3) is 4.47. The third-order valence-electron chi connectivity index (χ3n) is 7.33. The third-order valence-corrected chi connectivity index (χ3v) is 7.33. The molecule has 6 rings (SSSR count). The summed E-state index contributed by atoms with van der Waals surface area (Å²) in [5.74, 6) is 0.770. The molecule has 2 aliphatic rings. The van der Waals surface area contributed by atoms with Gasteiger partial charge in [-0.2, -0.15) is 0 Å². The highest BCUT2D eigenvalue weighted by Crippen LogP contribution is 2.38. The molecule has 1 saturated heterocycles. The fourth-order valence-corrected chi connectivity index (χ4v) is 5.56. The molecule has 0 radical (unpaired) electrons. The Morgan fingerprint density at radius 2 is 1.92 bits per heavy atom. The standard InChI is InChI=1S/C29H32N6O2/c1-33(2)17-21-18-35(14-15-37-21)20-6-4-19(5-7-20)32-28-27-23(8-9-26(27)36)25(16-31-28)22-10-12-30-29-24(22)11-13-34(29)3/h4-7,10-13,16,21H,8-9,14-15,17-18H2,1-3H3,(H,31,32)/t21-/m1/s1. The Bertz CT molecular complexity index is 1460. The van der Waals surface area contributed by atoms with Crippen LogP contribution in [-0.4, -0.2) is 71.7 Å². The molecule has 0 amide bonds. The van der Waals surface area contributed by atoms with Gasteiger partial charge in [0.15, 0.2) is 5.78 Å². The largest absolute Gasteiger partial charge is 0.373 e. The molecule has 3 aromatic heterocycles. The van der Waals surface area contributed by atoms with E-state index < -0.39 is 0 Å². The number of anilines is 3. The molecule has 0 unspecified atom stereocenters. The predicted octanol–water partition coefficient (Wildman–Crippen LogP) is 4.27. The molecule has 4 heterocycles. The molecule has 1 atom stereocenters. The van der Waals surface area contributed by atoms with Gasteiger partial charge >= 0.3 is 0 Å². The number of hydrogen-bond acceptors (Lipinski definition) is 7. The van der Waals surface area contributed by atoms with E-state index in [1.165, 1.54) is 5.69 Å². The molecule has 1 aromatic carbocycles. The number of nitrogens with one attached hydrogen (secondary N) is 1. The molecule has 1 aliphatic carbocycles. The highest BCUT2D eigenvalue weighted by molar-refractivity contribution is 6.08. The minimum atomic E-state index is 0.141. The molecule has 1 N–H and O–H groups in total. The zero-order valence-electron chi connectivity index (χ0n) is 21.6. The van der Waals surface area contributed by atoms with E-state index >= 15 is 0 Å². The van der Waals surface area contributed by atoms with Gasteiger partial charge in [-0.3, -0.25) is 4.79 Å². The van der Waals surface area contributed by atoms with Gasteiger partial charge in [0.05, 0.1) is 18.3 Å². The molecule has 0 spiro atoms. The van der Waals surface area contributed by atoms with Crippen molar-refractivity contribution in [3.05, 3.63) is 66.1 Å². The van der Waals surface area contributed by atoms with Gasteiger partial charge < -0.3 is 24.4 Å². The van der Waals surface area contributed by atoms with E-state index in [0.29, 0.717) is 17.8 Å². The van der Waals surface area contributed by atoms with Crippen LogP contribution in [0.15, 0.2) is 55.0 Å². The smallest absolute Gasteiger partial charge is 0.167 e. The van der Waals surface area contributed by atoms with Gasteiger partial charge in [0.2, 0.25) is 0 Å². The van der Waals surface area contributed by atoms with Crippen molar-refractivity contribution < 1.29 is 9.53 Å². The lowest BCUT2D eigenvalue weighted by molar-refractivity contribution is 0.0248. The Morgan fingerprint density at radius 3 is 2.73 bits per heavy atom. The Hall–Kier alpha value is -3.75. The number of Topliss-reactive ketones (excluding diaryl/α,β-unsaturated/α-hetero) is 1. The van der Waals surface area contributed by atoms with Crippen LogP contribution in [0, 0.1) is 0 Å². The van der Waals surface area contributed by atoms with Crippen molar-refractivity contribution in [3.63, 3.8) is 0 Å². The predicted molar refractivity (Wildman–Crippen MR) is 147 cm³/mol. The number of rotatable bonds is 6. The van der Waals surface area contributed by atoms with Gasteiger partial charge in [-0.1, -0.05) is 0 Å². The molecule has 8 nitrogen and oxygen atoms in total. The van der Waals surface area contributed by atoms with Crippen LogP contribution in [0.4, 0.5) is 17.2 Å². The topological polar surface area (TPSA) is 75.5 Å². The highest BCUT2D eigenvalue weighted by atomic mass is 16.5. The monoisotopic (exact) mass is 496 g/mol. The lowest BCUT2D eigenvalue weighted by Crippen LogP contribution is -2.46. The quantitative estimate of drug-likeness (QED) is 0.427. The van der Waals surface area contributed by atoms with E-state index in [4.69, 9.17) is 9.72 Å². The summed E-state index contributed by atoms with van der Waals surface area (Å²) < 4.78 is 7.93. The molecule has 0 saturated carbocycles. The summed E-state index contributed by atoms with van der Waals surface area (Å²) in [6, 6.07) is 12.5. The first-order chi connectivity index (χ1) is 18.0. The summed E-state index contributed by atoms with van der Waals surface area (Å²) in [6.07, 6.45) is 7.17. The normalized spacial score (nSPS) is 17.6. The van der Waals surface area contributed by atoms with Crippen LogP contribution < -0.4 is 10.2 Å². The second kappa shape index (κ2) is 9.61. The first kappa shape index (κ1) is 23.6. The number of hydrogen-bond donors (Lipinski definition) is 1. The van der Waals surface area contributed by atoms with Crippen molar-refractivity contribution in [2.24, 2.45) is 7.05 Å². The Kier molecular flexibility index (Phi) is 6.14. The van der Waals surface area contributed by atoms with E-state index in [9.17, 15) is 4.79 Å². The van der Waals surface area contributed by atoms with Crippen LogP contribution in [0.5, 0.6) is 0 Å². The summed E-state index contributed by atoms with van der Waals surface area (Å²) >= 11 is 0. The van der Waals surface area contributed by atoms with Crippen LogP contribution in [0.3, 0.4) is 0 Å². The number of pyridine rings is 2. The number of likely N-dealkylation sites (N-methyl/N-ethyl adjacent to an activating group) is 1. The van der Waals surface area contributed by atoms with E-state index in [-0.39, 0.29) is 11.9 Å². The van der Waals surface area contributed by atoms with E-state index in [0.717, 1.165) is 66.1 Å². The maximum absolute atomic E-state index is 13.0. The number of aryl methyl sites for hydroxylation is 1. The van der Waals surface area contributed by atoms with Crippen molar-refractivity contribution in [1.82, 2.24) is 19.4 Å². The van der Waals surface area contributed by atoms with Crippen molar-refractivity contribution in [3.8, 4) is 11.1 Å². The summed E-state index contributed by atoms with van der Waals surface area (Å²) in [5, 5.41) is 4.49. The number of aromatic nitrogens is 3. The molecule has 4 aromatic rings. The highest BCUT2D eigenvalue weighted by Gasteiger charge is 2.28. The Balaban J connectivity index is 1.26. The molecular weight excluding hydrogens is 464 g/mol. The van der Waals surface area contributed by atoms with E-state index in [1.54, 1.807) is 0 Å². The molecule has 190 valence electrons. The van der Waals surface area contributed by atoms with E-state index in [2.05, 4.69) is 64.5 Å². The van der Waals surface area contributed by atoms with Crippen LogP contribution in [0.25, 0.3) is 22.2 Å². The second-order valence-corrected chi connectivity index (χ2v) is 10.2. The summed E-state index contributed by atoms with van der Waals surface area (Å²) in [4.78, 5) is 26.8. The summed E-state index contributed by atoms with van der Waals surface area (Å²) in [5.41, 5.74) is 6.87. The van der Waals surface area contributed by atoms with Crippen LogP contribution >= 0.6 is 0 Å². The number of ether oxygens (including phenoxy) is 1. The lowest BCUT2D eigenvalue weighted by Gasteiger charge is -2.35. The molecule has 0 bridgehead atoms. The van der Waals surface area contributed by atoms with Gasteiger partial charge in [-0.15, -0.1) is 0 Å². The van der Waals surface area contributed by atoms with Gasteiger partial charge in [0.25, 0.3) is 0 Å². The number of ketones is 1. The molecule has 1 aliphatic heterocycles. The van der Waals surface area contributed by atoms with Crippen molar-refractivity contribution in [2.45, 2.75) is 18.9 Å². The Morgan fingerprint density at radius 1 is 1.08 bits per heavy atom. The summed E-state index contributed by atoms with van der Waals surface area (Å²) in [6.45, 7) is 3.40. The van der Waals surface area contributed by atoms with Gasteiger partial charge in [0.1, 0.15) is 11.5 Å². The summed E-state index contributed by atoms with van der Waals surface area (Å²) in [7, 11) is 6.14. The fraction of sp³-hybridized carbons (Fsp3) is 0.345. The maximum atomic E-state index is 13.0. The maximum Gasteiger partial charge on any atom is 0.167 e. The van der Waals surface area contributed by atoms with Crippen molar-refractivity contribution in [1.29, 1.82) is 0 Å². The van der Waals surface area contributed by atoms with Crippen molar-refractivity contribution in [2.75, 3.05) is 50.6 Å². The number of fused-ring (bicyclic) bond motifs is 2. The average molecular weight is 497 g/mol. The number of carbonyl (C=O) groups excluding carboxylic acids is 1. The van der Waals surface area contributed by atoms with Crippen LogP contribution in [0.1, 0.15) is 22.3 Å². The fourth-order valence-electron chi connectivity index (χ4n) is 5.56. The number of carbonyl (C=O) groups is 1. The minimum Gasteiger partial charge on any atom is -0.373 e. The zero-order valence-corrected chi connectivity index (χ0v) is 21.6. The number of benzene rings is 1. The SMILES string of the molecule is CN(C)C[C@@H]1CN(c2ccc(Nc3ncc(-c4ccnc5c4ccn5C)c4c3C(=O)CC4)cc2)CCO1. The first-order valence-corrected chi connectivity index (χ1v) is 12.8. The Labute approximate surface area is 216 Å². The van der Waals surface area contributed by atoms with Gasteiger partial charge in [-0.25, -0.2) is 9.97 Å². The van der Waals surface area contributed by atoms with E-state index in [1.807, 2.05) is 36.3 Å². The molecule has 1 fully saturated rings. The molecule has 8 heteroatoms. The van der Waals surface area contributed by atoms with Gasteiger partial charge in [0, 0.05) is 74.0 Å². The van der Waals surface area contributed by atoms with Crippen LogP contribution in [-0.2, 0) is 18.2 Å². The first-order valence-electron chi connectivity index (χ1n) is 12.8. The van der Waals surface area contributed by atoms with Gasteiger partial charge in [-0.05, 0) is 68.0 Å². The number of morpholine rings is 1. The average Bonchev–Trinajstić information content (AvgIpc) is 3.48. The number of nitrogens with zero attached hydrogens (tertiary/aromatic N) is 5. The lowest BCUT2D eigenvalue weighted by atomic mass is 9.97. The van der Waals surface area contributed by atoms with Crippen molar-refractivity contribution >= 4 is 34.0 Å². The molecular formula is C29H32N6O2.